The van der Waals surface area contributed by atoms with Crippen molar-refractivity contribution < 1.29 is 40.7 Å². The Kier molecular flexibility index (Phi) is 6.20. The first kappa shape index (κ1) is 23.2. The fourth-order valence-corrected chi connectivity index (χ4v) is 3.18. The number of amides is 1. The van der Waals surface area contributed by atoms with Crippen LogP contribution in [-0.2, 0) is 28.3 Å². The topological polar surface area (TPSA) is 71.2 Å². The zero-order valence-corrected chi connectivity index (χ0v) is 16.4. The molecule has 0 bridgehead atoms. The second-order valence-electron chi connectivity index (χ2n) is 6.91. The average molecular weight is 458 g/mol. The van der Waals surface area contributed by atoms with E-state index in [1.54, 1.807) is 30.5 Å². The Morgan fingerprint density at radius 2 is 1.59 bits per heavy atom. The van der Waals surface area contributed by atoms with E-state index in [-0.39, 0.29) is 12.5 Å². The maximum atomic E-state index is 13.1. The molecule has 0 fully saturated rings. The number of aromatic nitrogens is 1. The first-order valence-electron chi connectivity index (χ1n) is 9.13. The molecule has 0 saturated heterocycles. The molecule has 0 aliphatic heterocycles. The van der Waals surface area contributed by atoms with Gasteiger partial charge in [0.05, 0.1) is 18.2 Å². The van der Waals surface area contributed by atoms with Gasteiger partial charge in [-0.05, 0) is 29.8 Å². The van der Waals surface area contributed by atoms with Crippen molar-refractivity contribution in [2.24, 2.45) is 0 Å². The third-order valence-corrected chi connectivity index (χ3v) is 4.74. The first-order chi connectivity index (χ1) is 14.9. The zero-order chi connectivity index (χ0) is 23.7. The first-order valence-corrected chi connectivity index (χ1v) is 9.13. The fraction of sp³-hybridized carbons (Fsp3) is 0.238. The SMILES string of the molecule is COC(=O)[C@@H](Cc1c[nH]c2ccccc12)NC(=O)c1cc(C(F)(F)F)cc(C(F)(F)F)c1. The van der Waals surface area contributed by atoms with E-state index >= 15 is 0 Å². The van der Waals surface area contributed by atoms with Crippen molar-refractivity contribution in [3.05, 3.63) is 70.9 Å². The molecule has 0 spiro atoms. The normalized spacial score (nSPS) is 13.1. The summed E-state index contributed by atoms with van der Waals surface area (Å²) in [6, 6.07) is 6.19. The van der Waals surface area contributed by atoms with Gasteiger partial charge in [-0.25, -0.2) is 4.79 Å². The van der Waals surface area contributed by atoms with E-state index in [2.05, 4.69) is 15.0 Å². The van der Waals surface area contributed by atoms with Gasteiger partial charge in [-0.15, -0.1) is 0 Å². The van der Waals surface area contributed by atoms with Gasteiger partial charge in [0.1, 0.15) is 6.04 Å². The molecule has 32 heavy (non-hydrogen) atoms. The number of hydrogen-bond acceptors (Lipinski definition) is 3. The van der Waals surface area contributed by atoms with Crippen molar-refractivity contribution in [1.82, 2.24) is 10.3 Å². The van der Waals surface area contributed by atoms with Crippen molar-refractivity contribution >= 4 is 22.8 Å². The quantitative estimate of drug-likeness (QED) is 0.430. The molecule has 1 amide bonds. The van der Waals surface area contributed by atoms with E-state index in [4.69, 9.17) is 0 Å². The smallest absolute Gasteiger partial charge is 0.416 e. The Morgan fingerprint density at radius 1 is 1.00 bits per heavy atom. The van der Waals surface area contributed by atoms with Gasteiger partial charge in [-0.1, -0.05) is 18.2 Å². The molecule has 0 aliphatic carbocycles. The van der Waals surface area contributed by atoms with Crippen LogP contribution in [0.1, 0.15) is 27.0 Å². The van der Waals surface area contributed by atoms with Crippen LogP contribution in [-0.4, -0.2) is 30.0 Å². The number of carbonyl (C=O) groups excluding carboxylic acids is 2. The summed E-state index contributed by atoms with van der Waals surface area (Å²) in [7, 11) is 1.04. The van der Waals surface area contributed by atoms with Crippen molar-refractivity contribution in [2.75, 3.05) is 7.11 Å². The molecule has 11 heteroatoms. The van der Waals surface area contributed by atoms with Gasteiger partial charge in [0.2, 0.25) is 0 Å². The van der Waals surface area contributed by atoms with Crippen LogP contribution in [0.2, 0.25) is 0 Å². The number of aromatic amines is 1. The van der Waals surface area contributed by atoms with Gasteiger partial charge >= 0.3 is 18.3 Å². The molecule has 0 aliphatic rings. The van der Waals surface area contributed by atoms with Gasteiger partial charge < -0.3 is 15.0 Å². The number of nitrogens with one attached hydrogen (secondary N) is 2. The van der Waals surface area contributed by atoms with Crippen LogP contribution < -0.4 is 5.32 Å². The van der Waals surface area contributed by atoms with Gasteiger partial charge in [0.25, 0.3) is 5.91 Å². The van der Waals surface area contributed by atoms with Crippen molar-refractivity contribution in [3.63, 3.8) is 0 Å². The molecule has 170 valence electrons. The summed E-state index contributed by atoms with van der Waals surface area (Å²) in [6.07, 6.45) is -8.74. The Bertz CT molecular complexity index is 1120. The van der Waals surface area contributed by atoms with Gasteiger partial charge in [0, 0.05) is 29.1 Å². The Balaban J connectivity index is 1.93. The third-order valence-electron chi connectivity index (χ3n) is 4.74. The predicted octanol–water partition coefficient (Wildman–Crippen LogP) is 4.72. The number of esters is 1. The predicted molar refractivity (Wildman–Crippen MR) is 102 cm³/mol. The van der Waals surface area contributed by atoms with Gasteiger partial charge in [-0.2, -0.15) is 26.3 Å². The lowest BCUT2D eigenvalue weighted by molar-refractivity contribution is -0.144. The number of methoxy groups -OCH3 is 1. The molecule has 0 radical (unpaired) electrons. The highest BCUT2D eigenvalue weighted by Crippen LogP contribution is 2.36. The largest absolute Gasteiger partial charge is 0.467 e. The second-order valence-corrected chi connectivity index (χ2v) is 6.91. The highest BCUT2D eigenvalue weighted by atomic mass is 19.4. The highest BCUT2D eigenvalue weighted by molar-refractivity contribution is 5.97. The zero-order valence-electron chi connectivity index (χ0n) is 16.4. The number of hydrogen-bond donors (Lipinski definition) is 2. The summed E-state index contributed by atoms with van der Waals surface area (Å²) < 4.78 is 83.1. The number of H-pyrrole nitrogens is 1. The fourth-order valence-electron chi connectivity index (χ4n) is 3.18. The molecule has 5 nitrogen and oxygen atoms in total. The van der Waals surface area contributed by atoms with Crippen LogP contribution >= 0.6 is 0 Å². The number of fused-ring (bicyclic) bond motifs is 1. The van der Waals surface area contributed by atoms with Gasteiger partial charge in [-0.3, -0.25) is 4.79 Å². The summed E-state index contributed by atoms with van der Waals surface area (Å²) in [4.78, 5) is 27.7. The molecule has 2 N–H and O–H groups in total. The minimum atomic E-state index is -5.11. The van der Waals surface area contributed by atoms with E-state index in [0.29, 0.717) is 17.7 Å². The molecule has 1 atom stereocenters. The van der Waals surface area contributed by atoms with E-state index in [1.807, 2.05) is 0 Å². The van der Waals surface area contributed by atoms with E-state index in [0.717, 1.165) is 18.0 Å². The summed E-state index contributed by atoms with van der Waals surface area (Å²) >= 11 is 0. The van der Waals surface area contributed by atoms with Crippen molar-refractivity contribution in [3.8, 4) is 0 Å². The lowest BCUT2D eigenvalue weighted by Crippen LogP contribution is -2.43. The minimum Gasteiger partial charge on any atom is -0.467 e. The average Bonchev–Trinajstić information content (AvgIpc) is 3.14. The van der Waals surface area contributed by atoms with Crippen LogP contribution in [0.4, 0.5) is 26.3 Å². The summed E-state index contributed by atoms with van der Waals surface area (Å²) in [5.41, 5.74) is -2.83. The number of rotatable bonds is 5. The number of halogens is 6. The molecular formula is C21H16F6N2O3. The summed E-state index contributed by atoms with van der Waals surface area (Å²) in [5, 5.41) is 2.91. The maximum Gasteiger partial charge on any atom is 0.416 e. The summed E-state index contributed by atoms with van der Waals surface area (Å²) in [5.74, 6) is -2.19. The van der Waals surface area contributed by atoms with E-state index in [9.17, 15) is 35.9 Å². The lowest BCUT2D eigenvalue weighted by Gasteiger charge is -2.18. The molecule has 0 saturated carbocycles. The molecule has 1 heterocycles. The second kappa shape index (κ2) is 8.56. The van der Waals surface area contributed by atoms with E-state index < -0.39 is 47.0 Å². The molecule has 0 unspecified atom stereocenters. The van der Waals surface area contributed by atoms with Crippen LogP contribution in [0.15, 0.2) is 48.7 Å². The molecule has 3 aromatic rings. The minimum absolute atomic E-state index is 0.0828. The molecule has 3 rings (SSSR count). The Labute approximate surface area is 177 Å². The monoisotopic (exact) mass is 458 g/mol. The molecule has 2 aromatic carbocycles. The number of alkyl halides is 6. The standard InChI is InChI=1S/C21H16F6N2O3/c1-32-19(31)17(8-12-10-28-16-5-3-2-4-15(12)16)29-18(30)11-6-13(20(22,23)24)9-14(7-11)21(25,26)27/h2-7,9-10,17,28H,8H2,1H3,(H,29,30)/t17-/m1/s1. The maximum absolute atomic E-state index is 13.1. The number of para-hydroxylation sites is 1. The Hall–Kier alpha value is -3.50. The molecule has 1 aromatic heterocycles. The lowest BCUT2D eigenvalue weighted by atomic mass is 10.0. The number of ether oxygens (including phenoxy) is 1. The summed E-state index contributed by atoms with van der Waals surface area (Å²) in [6.45, 7) is 0. The van der Waals surface area contributed by atoms with Crippen LogP contribution in [0, 0.1) is 0 Å². The number of benzene rings is 2. The van der Waals surface area contributed by atoms with Gasteiger partial charge in [0.15, 0.2) is 0 Å². The third kappa shape index (κ3) is 5.04. The van der Waals surface area contributed by atoms with Crippen molar-refractivity contribution in [1.29, 1.82) is 0 Å². The van der Waals surface area contributed by atoms with Crippen LogP contribution in [0.5, 0.6) is 0 Å². The highest BCUT2D eigenvalue weighted by Gasteiger charge is 2.38. The van der Waals surface area contributed by atoms with Crippen LogP contribution in [0.3, 0.4) is 0 Å². The Morgan fingerprint density at radius 3 is 2.16 bits per heavy atom. The van der Waals surface area contributed by atoms with E-state index in [1.165, 1.54) is 0 Å². The molecular weight excluding hydrogens is 442 g/mol. The van der Waals surface area contributed by atoms with Crippen molar-refractivity contribution in [2.45, 2.75) is 24.8 Å². The van der Waals surface area contributed by atoms with Crippen LogP contribution in [0.25, 0.3) is 10.9 Å². The number of carbonyl (C=O) groups is 2.